The molecule has 10 N–H and O–H groups in total. The van der Waals surface area contributed by atoms with Crippen molar-refractivity contribution in [3.63, 3.8) is 0 Å². The zero-order valence-corrected chi connectivity index (χ0v) is 19.6. The normalized spacial score (nSPS) is 29.1. The standard InChI is InChI=1S/C10H13N5O5.C10H13N5O3/c11-10-13-7-4(8(19)14-10)12-2-15(7)9-6(18)5(17)3(1-16)20-9;11-9-8-10(13-3-12-9)15(4-14-8)7-1-5(17)6(2-16)18-7/h2-3,5-6,9,16-18H,1H2,(H3,11,13,14,19);3-7,16-17H,1-2H2,(H2,11,12,13)/t3-,5-,6-,9-;5-,6+,7+/m10/s1. The number of nitrogen functional groups attached to an aromatic ring is 2. The number of aliphatic hydroxyl groups excluding tert-OH is 5. The predicted molar refractivity (Wildman–Crippen MR) is 127 cm³/mol. The highest BCUT2D eigenvalue weighted by molar-refractivity contribution is 5.81. The summed E-state index contributed by atoms with van der Waals surface area (Å²) in [5.74, 6) is 0.201. The quantitative estimate of drug-likeness (QED) is 0.125. The van der Waals surface area contributed by atoms with E-state index in [1.807, 2.05) is 0 Å². The smallest absolute Gasteiger partial charge is 0.280 e. The van der Waals surface area contributed by atoms with E-state index in [0.717, 1.165) is 0 Å². The number of nitrogens with two attached hydrogens (primary N) is 2. The number of H-pyrrole nitrogens is 1. The number of nitrogens with zero attached hydrogens (tertiary/aromatic N) is 7. The molecule has 4 aromatic rings. The number of fused-ring (bicyclic) bond motifs is 2. The SMILES string of the molecule is Nc1nc2c(ncn2[C@@H]2O[C@H](CO)[C@@H](O)[C@H]2O)c(=O)[nH]1.Nc1ncnc2c1ncn2[C@H]1C[C@H](O)[C@@H](CO)O1. The molecule has 0 aliphatic carbocycles. The third kappa shape index (κ3) is 4.43. The van der Waals surface area contributed by atoms with E-state index in [1.54, 1.807) is 10.9 Å². The molecule has 2 aliphatic rings. The first-order valence-electron chi connectivity index (χ1n) is 11.5. The van der Waals surface area contributed by atoms with E-state index in [-0.39, 0.29) is 23.7 Å². The number of ether oxygens (including phenoxy) is 2. The second-order valence-corrected chi connectivity index (χ2v) is 8.70. The van der Waals surface area contributed by atoms with Gasteiger partial charge in [0.15, 0.2) is 28.9 Å². The molecule has 0 spiro atoms. The summed E-state index contributed by atoms with van der Waals surface area (Å²) < 4.78 is 13.9. The van der Waals surface area contributed by atoms with Crippen molar-refractivity contribution < 1.29 is 35.0 Å². The van der Waals surface area contributed by atoms with Gasteiger partial charge < -0.3 is 46.5 Å². The molecule has 0 unspecified atom stereocenters. The first-order valence-corrected chi connectivity index (χ1v) is 11.5. The number of rotatable bonds is 4. The van der Waals surface area contributed by atoms with Crippen LogP contribution in [0.1, 0.15) is 18.9 Å². The molecule has 2 fully saturated rings. The van der Waals surface area contributed by atoms with E-state index in [2.05, 4.69) is 29.9 Å². The summed E-state index contributed by atoms with van der Waals surface area (Å²) >= 11 is 0. The summed E-state index contributed by atoms with van der Waals surface area (Å²) in [4.78, 5) is 33.9. The Balaban J connectivity index is 0.000000156. The molecule has 2 aliphatic heterocycles. The summed E-state index contributed by atoms with van der Waals surface area (Å²) in [6, 6.07) is 0. The zero-order valence-electron chi connectivity index (χ0n) is 19.6. The lowest BCUT2D eigenvalue weighted by Crippen LogP contribution is -2.33. The Labute approximate surface area is 212 Å². The zero-order chi connectivity index (χ0) is 27.1. The van der Waals surface area contributed by atoms with Crippen molar-refractivity contribution in [3.05, 3.63) is 29.3 Å². The van der Waals surface area contributed by atoms with E-state index < -0.39 is 55.1 Å². The van der Waals surface area contributed by atoms with E-state index in [9.17, 15) is 20.1 Å². The fraction of sp³-hybridized carbons (Fsp3) is 0.500. The molecule has 18 heteroatoms. The summed E-state index contributed by atoms with van der Waals surface area (Å²) in [6.45, 7) is -0.668. The molecule has 18 nitrogen and oxygen atoms in total. The minimum Gasteiger partial charge on any atom is -0.394 e. The van der Waals surface area contributed by atoms with Crippen LogP contribution in [0, 0.1) is 0 Å². The second-order valence-electron chi connectivity index (χ2n) is 8.70. The van der Waals surface area contributed by atoms with Crippen molar-refractivity contribution in [1.29, 1.82) is 0 Å². The topological polar surface area (TPSA) is 279 Å². The average Bonchev–Trinajstić information content (AvgIpc) is 3.65. The number of imidazole rings is 2. The Morgan fingerprint density at radius 3 is 2.32 bits per heavy atom. The van der Waals surface area contributed by atoms with Crippen LogP contribution in [-0.2, 0) is 9.47 Å². The van der Waals surface area contributed by atoms with Crippen molar-refractivity contribution >= 4 is 34.1 Å². The maximum atomic E-state index is 11.7. The first-order chi connectivity index (χ1) is 18.2. The summed E-state index contributed by atoms with van der Waals surface area (Å²) in [5.41, 5.74) is 11.9. The number of hydrogen-bond donors (Lipinski definition) is 8. The van der Waals surface area contributed by atoms with E-state index >= 15 is 0 Å². The highest BCUT2D eigenvalue weighted by atomic mass is 16.6. The molecular formula is C20H26N10O8. The number of aliphatic hydroxyl groups is 5. The number of aromatic nitrogens is 8. The summed E-state index contributed by atoms with van der Waals surface area (Å²) in [6.07, 6.45) is -1.62. The van der Waals surface area contributed by atoms with Crippen LogP contribution in [0.4, 0.5) is 11.8 Å². The van der Waals surface area contributed by atoms with Crippen LogP contribution in [0.5, 0.6) is 0 Å². The molecule has 4 aromatic heterocycles. The van der Waals surface area contributed by atoms with Gasteiger partial charge >= 0.3 is 0 Å². The maximum Gasteiger partial charge on any atom is 0.280 e. The Bertz CT molecular complexity index is 1490. The van der Waals surface area contributed by atoms with Gasteiger partial charge in [-0.2, -0.15) is 4.98 Å². The summed E-state index contributed by atoms with van der Waals surface area (Å²) in [5, 5.41) is 47.5. The third-order valence-corrected chi connectivity index (χ3v) is 6.32. The fourth-order valence-electron chi connectivity index (χ4n) is 4.37. The van der Waals surface area contributed by atoms with Crippen molar-refractivity contribution in [2.24, 2.45) is 0 Å². The van der Waals surface area contributed by atoms with Gasteiger partial charge in [-0.1, -0.05) is 0 Å². The molecule has 0 amide bonds. The second kappa shape index (κ2) is 10.2. The monoisotopic (exact) mass is 534 g/mol. The molecule has 0 saturated carbocycles. The number of hydrogen-bond acceptors (Lipinski definition) is 15. The number of aromatic amines is 1. The molecular weight excluding hydrogens is 508 g/mol. The lowest BCUT2D eigenvalue weighted by Gasteiger charge is -2.16. The van der Waals surface area contributed by atoms with Gasteiger partial charge in [-0.25, -0.2) is 19.9 Å². The predicted octanol–water partition coefficient (Wildman–Crippen LogP) is -3.64. The Kier molecular flexibility index (Phi) is 6.92. The van der Waals surface area contributed by atoms with Gasteiger partial charge in [0.05, 0.1) is 32.0 Å². The van der Waals surface area contributed by atoms with Gasteiger partial charge in [-0.15, -0.1) is 0 Å². The van der Waals surface area contributed by atoms with Gasteiger partial charge in [0.25, 0.3) is 5.56 Å². The highest BCUT2D eigenvalue weighted by Crippen LogP contribution is 2.32. The molecule has 6 heterocycles. The van der Waals surface area contributed by atoms with Crippen molar-refractivity contribution in [2.75, 3.05) is 24.7 Å². The van der Waals surface area contributed by atoms with Gasteiger partial charge in [0, 0.05) is 6.42 Å². The Morgan fingerprint density at radius 2 is 1.63 bits per heavy atom. The van der Waals surface area contributed by atoms with Crippen LogP contribution in [-0.4, -0.2) is 108 Å². The van der Waals surface area contributed by atoms with Gasteiger partial charge in [0.2, 0.25) is 5.95 Å². The molecule has 38 heavy (non-hydrogen) atoms. The van der Waals surface area contributed by atoms with E-state index in [1.165, 1.54) is 17.2 Å². The van der Waals surface area contributed by atoms with Crippen LogP contribution < -0.4 is 17.0 Å². The largest absolute Gasteiger partial charge is 0.394 e. The number of anilines is 2. The van der Waals surface area contributed by atoms with Gasteiger partial charge in [-0.3, -0.25) is 18.9 Å². The Morgan fingerprint density at radius 1 is 0.921 bits per heavy atom. The van der Waals surface area contributed by atoms with E-state index in [4.69, 9.17) is 31.2 Å². The third-order valence-electron chi connectivity index (χ3n) is 6.32. The minimum atomic E-state index is -1.29. The molecule has 0 bridgehead atoms. The molecule has 0 radical (unpaired) electrons. The lowest BCUT2D eigenvalue weighted by atomic mass is 10.1. The molecule has 0 aromatic carbocycles. The molecule has 6 rings (SSSR count). The van der Waals surface area contributed by atoms with E-state index in [0.29, 0.717) is 23.4 Å². The lowest BCUT2D eigenvalue weighted by molar-refractivity contribution is -0.0511. The molecule has 7 atom stereocenters. The summed E-state index contributed by atoms with van der Waals surface area (Å²) in [7, 11) is 0. The highest BCUT2D eigenvalue weighted by Gasteiger charge is 2.44. The van der Waals surface area contributed by atoms with Crippen LogP contribution in [0.25, 0.3) is 22.3 Å². The maximum absolute atomic E-state index is 11.7. The van der Waals surface area contributed by atoms with Gasteiger partial charge in [-0.05, 0) is 0 Å². The fourth-order valence-corrected chi connectivity index (χ4v) is 4.37. The molecule has 204 valence electrons. The van der Waals surface area contributed by atoms with Crippen LogP contribution in [0.3, 0.4) is 0 Å². The average molecular weight is 534 g/mol. The van der Waals surface area contributed by atoms with Crippen molar-refractivity contribution in [3.8, 4) is 0 Å². The van der Waals surface area contributed by atoms with Gasteiger partial charge in [0.1, 0.15) is 42.5 Å². The minimum absolute atomic E-state index is 0.0388. The van der Waals surface area contributed by atoms with Crippen molar-refractivity contribution in [1.82, 2.24) is 39.0 Å². The Hall–Kier alpha value is -3.78. The molecule has 2 saturated heterocycles. The first kappa shape index (κ1) is 25.9. The van der Waals surface area contributed by atoms with Crippen molar-refractivity contribution in [2.45, 2.75) is 49.4 Å². The number of nitrogens with one attached hydrogen (secondary N) is 1. The van der Waals surface area contributed by atoms with Crippen LogP contribution >= 0.6 is 0 Å². The van der Waals surface area contributed by atoms with Crippen LogP contribution in [0.15, 0.2) is 23.8 Å². The van der Waals surface area contributed by atoms with Crippen LogP contribution in [0.2, 0.25) is 0 Å².